The molecule has 0 atom stereocenters. The van der Waals surface area contributed by atoms with Gasteiger partial charge < -0.3 is 14.5 Å². The van der Waals surface area contributed by atoms with E-state index >= 15 is 0 Å². The molecular weight excluding hydrogens is 336 g/mol. The first kappa shape index (κ1) is 19.8. The summed E-state index contributed by atoms with van der Waals surface area (Å²) in [5.41, 5.74) is 0.445. The maximum Gasteiger partial charge on any atom is 0.422 e. The molecular formula is C19H26N2O5. The molecule has 0 unspecified atom stereocenters. The van der Waals surface area contributed by atoms with Crippen LogP contribution in [0.2, 0.25) is 0 Å². The topological polar surface area (TPSA) is 90.5 Å². The van der Waals surface area contributed by atoms with Crippen LogP contribution >= 0.6 is 0 Å². The Labute approximate surface area is 152 Å². The fourth-order valence-corrected chi connectivity index (χ4v) is 2.61. The zero-order valence-electron chi connectivity index (χ0n) is 15.8. The molecule has 0 radical (unpaired) electrons. The zero-order valence-corrected chi connectivity index (χ0v) is 15.8. The normalized spacial score (nSPS) is 11.5. The standard InChI is InChI=1S/C19H26N2O5/c1-13-8-9-14-15(12-13)21(18(24)25-16(14)22)11-7-5-6-10-20-17(23)26-19(2,3)4/h8-9,12H,5-7,10-11H2,1-4H3,(H,20,23). The van der Waals surface area contributed by atoms with Crippen LogP contribution in [0.4, 0.5) is 4.79 Å². The lowest BCUT2D eigenvalue weighted by Crippen LogP contribution is -2.33. The van der Waals surface area contributed by atoms with E-state index in [9.17, 15) is 14.4 Å². The van der Waals surface area contributed by atoms with Gasteiger partial charge in [-0.05, 0) is 64.7 Å². The summed E-state index contributed by atoms with van der Waals surface area (Å²) >= 11 is 0. The first-order chi connectivity index (χ1) is 12.2. The van der Waals surface area contributed by atoms with Gasteiger partial charge in [0.15, 0.2) is 0 Å². The number of ether oxygens (including phenoxy) is 1. The van der Waals surface area contributed by atoms with Crippen LogP contribution in [0.5, 0.6) is 0 Å². The average molecular weight is 362 g/mol. The molecule has 142 valence electrons. The van der Waals surface area contributed by atoms with Gasteiger partial charge in [0.2, 0.25) is 0 Å². The minimum atomic E-state index is -0.639. The second-order valence-electron chi connectivity index (χ2n) is 7.32. The Bertz CT molecular complexity index is 889. The molecule has 7 heteroatoms. The molecule has 2 rings (SSSR count). The highest BCUT2D eigenvalue weighted by Crippen LogP contribution is 2.12. The predicted molar refractivity (Wildman–Crippen MR) is 99.6 cm³/mol. The lowest BCUT2D eigenvalue weighted by atomic mass is 10.1. The lowest BCUT2D eigenvalue weighted by Gasteiger charge is -2.19. The van der Waals surface area contributed by atoms with Gasteiger partial charge in [0, 0.05) is 13.1 Å². The van der Waals surface area contributed by atoms with Gasteiger partial charge in [-0.15, -0.1) is 0 Å². The second kappa shape index (κ2) is 8.21. The summed E-state index contributed by atoms with van der Waals surface area (Å²) in [6.07, 6.45) is 1.88. The van der Waals surface area contributed by atoms with Gasteiger partial charge in [0.25, 0.3) is 0 Å². The minimum absolute atomic E-state index is 0.404. The van der Waals surface area contributed by atoms with Gasteiger partial charge in [-0.25, -0.2) is 14.4 Å². The van der Waals surface area contributed by atoms with E-state index in [-0.39, 0.29) is 0 Å². The third-order valence-electron chi connectivity index (χ3n) is 3.79. The molecule has 0 aliphatic carbocycles. The number of nitrogens with one attached hydrogen (secondary N) is 1. The van der Waals surface area contributed by atoms with Crippen LogP contribution in [0, 0.1) is 6.92 Å². The first-order valence-corrected chi connectivity index (χ1v) is 8.78. The van der Waals surface area contributed by atoms with Crippen molar-refractivity contribution in [1.82, 2.24) is 9.88 Å². The van der Waals surface area contributed by atoms with Crippen molar-refractivity contribution >= 4 is 17.0 Å². The highest BCUT2D eigenvalue weighted by Gasteiger charge is 2.15. The summed E-state index contributed by atoms with van der Waals surface area (Å²) in [5.74, 6) is -0.639. The molecule has 26 heavy (non-hydrogen) atoms. The number of amides is 1. The molecule has 0 saturated carbocycles. The number of rotatable bonds is 6. The minimum Gasteiger partial charge on any atom is -0.444 e. The average Bonchev–Trinajstić information content (AvgIpc) is 2.51. The van der Waals surface area contributed by atoms with Crippen LogP contribution < -0.4 is 16.7 Å². The van der Waals surface area contributed by atoms with E-state index in [1.54, 1.807) is 6.07 Å². The maximum absolute atomic E-state index is 12.0. The van der Waals surface area contributed by atoms with Crippen molar-refractivity contribution in [2.45, 2.75) is 59.1 Å². The molecule has 0 fully saturated rings. The summed E-state index contributed by atoms with van der Waals surface area (Å²) in [5, 5.41) is 3.11. The van der Waals surface area contributed by atoms with Crippen LogP contribution in [0.25, 0.3) is 10.9 Å². The van der Waals surface area contributed by atoms with E-state index in [1.165, 1.54) is 4.57 Å². The Kier molecular flexibility index (Phi) is 6.23. The Morgan fingerprint density at radius 2 is 1.92 bits per heavy atom. The summed E-state index contributed by atoms with van der Waals surface area (Å²) in [6, 6.07) is 5.31. The van der Waals surface area contributed by atoms with Gasteiger partial charge in [-0.1, -0.05) is 6.07 Å². The molecule has 7 nitrogen and oxygen atoms in total. The summed E-state index contributed by atoms with van der Waals surface area (Å²) in [4.78, 5) is 35.4. The van der Waals surface area contributed by atoms with E-state index in [4.69, 9.17) is 9.15 Å². The highest BCUT2D eigenvalue weighted by molar-refractivity contribution is 5.78. The molecule has 1 aromatic heterocycles. The SMILES string of the molecule is Cc1ccc2c(=O)oc(=O)n(CCCCCNC(=O)OC(C)(C)C)c2c1. The Hall–Kier alpha value is -2.57. The molecule has 1 aromatic carbocycles. The zero-order chi connectivity index (χ0) is 19.3. The maximum atomic E-state index is 12.0. The second-order valence-corrected chi connectivity index (χ2v) is 7.32. The third-order valence-corrected chi connectivity index (χ3v) is 3.79. The Balaban J connectivity index is 1.89. The molecule has 1 amide bonds. The van der Waals surface area contributed by atoms with Crippen LogP contribution in [0.1, 0.15) is 45.6 Å². The number of carbonyl (C=O) groups excluding carboxylic acids is 1. The van der Waals surface area contributed by atoms with Crippen molar-refractivity contribution in [3.8, 4) is 0 Å². The van der Waals surface area contributed by atoms with E-state index < -0.39 is 23.1 Å². The number of fused-ring (bicyclic) bond motifs is 1. The summed E-state index contributed by atoms with van der Waals surface area (Å²) in [7, 11) is 0. The number of alkyl carbamates (subject to hydrolysis) is 1. The number of carbonyl (C=O) groups is 1. The van der Waals surface area contributed by atoms with Crippen molar-refractivity contribution in [3.63, 3.8) is 0 Å². The lowest BCUT2D eigenvalue weighted by molar-refractivity contribution is 0.0527. The number of hydrogen-bond acceptors (Lipinski definition) is 5. The number of benzene rings is 1. The molecule has 0 aliphatic rings. The number of unbranched alkanes of at least 4 members (excludes halogenated alkanes) is 2. The predicted octanol–water partition coefficient (Wildman–Crippen LogP) is 2.96. The fourth-order valence-electron chi connectivity index (χ4n) is 2.61. The largest absolute Gasteiger partial charge is 0.444 e. The molecule has 0 bridgehead atoms. The smallest absolute Gasteiger partial charge is 0.422 e. The van der Waals surface area contributed by atoms with Gasteiger partial charge in [0.05, 0.1) is 10.9 Å². The highest BCUT2D eigenvalue weighted by atomic mass is 16.6. The van der Waals surface area contributed by atoms with Gasteiger partial charge in [0.1, 0.15) is 5.60 Å². The quantitative estimate of drug-likeness (QED) is 0.798. The monoisotopic (exact) mass is 362 g/mol. The van der Waals surface area contributed by atoms with Crippen molar-refractivity contribution in [3.05, 3.63) is 44.7 Å². The van der Waals surface area contributed by atoms with Crippen molar-refractivity contribution in [2.75, 3.05) is 6.54 Å². The number of hydrogen-bond donors (Lipinski definition) is 1. The molecule has 0 spiro atoms. The molecule has 0 saturated heterocycles. The van der Waals surface area contributed by atoms with Crippen LogP contribution in [0.3, 0.4) is 0 Å². The fraction of sp³-hybridized carbons (Fsp3) is 0.526. The Morgan fingerprint density at radius 1 is 1.19 bits per heavy atom. The Morgan fingerprint density at radius 3 is 2.62 bits per heavy atom. The van der Waals surface area contributed by atoms with Gasteiger partial charge >= 0.3 is 17.5 Å². The molecule has 2 aromatic rings. The summed E-state index contributed by atoms with van der Waals surface area (Å²) in [6.45, 7) is 8.31. The number of aromatic nitrogens is 1. The summed E-state index contributed by atoms with van der Waals surface area (Å²) < 4.78 is 11.4. The van der Waals surface area contributed by atoms with E-state index in [0.717, 1.165) is 24.8 Å². The van der Waals surface area contributed by atoms with Crippen molar-refractivity contribution in [2.24, 2.45) is 0 Å². The molecule has 1 heterocycles. The van der Waals surface area contributed by atoms with Gasteiger partial charge in [-0.2, -0.15) is 0 Å². The first-order valence-electron chi connectivity index (χ1n) is 8.78. The third kappa shape index (κ3) is 5.47. The van der Waals surface area contributed by atoms with Crippen molar-refractivity contribution in [1.29, 1.82) is 0 Å². The number of nitrogens with zero attached hydrogens (tertiary/aromatic N) is 1. The number of aryl methyl sites for hydroxylation is 2. The molecule has 1 N–H and O–H groups in total. The van der Waals surface area contributed by atoms with Crippen LogP contribution in [-0.2, 0) is 11.3 Å². The van der Waals surface area contributed by atoms with Crippen LogP contribution in [0.15, 0.2) is 32.2 Å². The van der Waals surface area contributed by atoms with E-state index in [1.807, 2.05) is 39.8 Å². The van der Waals surface area contributed by atoms with E-state index in [2.05, 4.69) is 5.32 Å². The molecule has 0 aliphatic heterocycles. The van der Waals surface area contributed by atoms with Gasteiger partial charge in [-0.3, -0.25) is 4.57 Å². The van der Waals surface area contributed by atoms with Crippen molar-refractivity contribution < 1.29 is 13.9 Å². The van der Waals surface area contributed by atoms with Crippen LogP contribution in [-0.4, -0.2) is 22.8 Å². The van der Waals surface area contributed by atoms with E-state index in [0.29, 0.717) is 24.0 Å².